The SMILES string of the molecule is CN[C@H](CC(C)C)C(=O)N[C@H]1C(=O)N[C@@H](CC(=O)NS(=O)(=O)c2ccc(OCCN(C)C)cc2)C(=O)N[C@H]2C(=O)N[C@H]3C(=O)N[C@H](C(=O)N[C@H](C(=O)NC4C5CC6CC(C5)CC4C6)c4cc(O)cc5c4-c4cc3ccc4C5(O)O)[C@H](O)c3ccc(c(Cl)c3)Oc3cc2cc(c3O[C@@H]2O[C@H](CN)[C@@H](O)[C@H](O)[C@H]2O)Oc2ccc(cc2C)[C@H]1O. The number of likely N-dealkylation sites (N-methyl/N-ethyl adjacent to an activating group) is 2. The molecule has 1 saturated heterocycles. The van der Waals surface area contributed by atoms with E-state index in [1.165, 1.54) is 74.6 Å². The number of rotatable bonds is 18. The van der Waals surface area contributed by atoms with E-state index >= 15 is 28.8 Å². The van der Waals surface area contributed by atoms with Crippen LogP contribution in [0.15, 0.2) is 108 Å². The van der Waals surface area contributed by atoms with E-state index in [4.69, 9.17) is 41.0 Å². The zero-order valence-corrected chi connectivity index (χ0v) is 66.0. The van der Waals surface area contributed by atoms with Crippen molar-refractivity contribution in [3.8, 4) is 51.4 Å². The third-order valence-corrected chi connectivity index (χ3v) is 24.9. The Morgan fingerprint density at radius 2 is 1.32 bits per heavy atom. The van der Waals surface area contributed by atoms with Crippen molar-refractivity contribution in [1.82, 2.24) is 52.2 Å². The van der Waals surface area contributed by atoms with Crippen molar-refractivity contribution >= 4 is 68.9 Å². The van der Waals surface area contributed by atoms with Gasteiger partial charge in [0.15, 0.2) is 11.5 Å². The number of phenols is 1. The monoisotopic (exact) mass is 1660 g/mol. The molecule has 5 fully saturated rings. The number of ether oxygens (including phenoxy) is 5. The predicted molar refractivity (Wildman–Crippen MR) is 414 cm³/mol. The molecule has 5 aliphatic carbocycles. The number of aryl methyl sites for hydroxylation is 1. The van der Waals surface area contributed by atoms with E-state index < -0.39 is 195 Å². The van der Waals surface area contributed by atoms with Crippen LogP contribution in [0.25, 0.3) is 11.1 Å². The maximum absolute atomic E-state index is 16.5. The van der Waals surface area contributed by atoms with Gasteiger partial charge in [-0.2, -0.15) is 0 Å². The maximum atomic E-state index is 16.5. The van der Waals surface area contributed by atoms with Gasteiger partial charge in [-0.25, -0.2) is 13.1 Å². The summed E-state index contributed by atoms with van der Waals surface area (Å²) < 4.78 is 62.0. The summed E-state index contributed by atoms with van der Waals surface area (Å²) in [4.78, 5) is 126. The van der Waals surface area contributed by atoms with E-state index in [0.29, 0.717) is 18.4 Å². The molecule has 19 N–H and O–H groups in total. The fraction of sp³-hybridized carbons (Fsp3) is 0.457. The number of carbonyl (C=O) groups excluding carboxylic acids is 8. The number of aromatic hydroxyl groups is 1. The molecule has 117 heavy (non-hydrogen) atoms. The second kappa shape index (κ2) is 33.3. The summed E-state index contributed by atoms with van der Waals surface area (Å²) in [6, 6.07) is 6.04. The Balaban J connectivity index is 0.950. The summed E-state index contributed by atoms with van der Waals surface area (Å²) in [5, 5.41) is 117. The topological polar surface area (TPSA) is 516 Å². The van der Waals surface area contributed by atoms with Crippen LogP contribution in [0.1, 0.15) is 134 Å². The molecule has 0 radical (unpaired) electrons. The molecule has 6 heterocycles. The summed E-state index contributed by atoms with van der Waals surface area (Å²) in [6.07, 6.45) is -10.2. The first-order valence-corrected chi connectivity index (χ1v) is 40.5. The molecule has 34 nitrogen and oxygen atoms in total. The molecule has 11 aliphatic rings. The number of aliphatic hydroxyl groups is 7. The molecule has 6 aromatic rings. The van der Waals surface area contributed by atoms with Gasteiger partial charge >= 0.3 is 0 Å². The highest BCUT2D eigenvalue weighted by Crippen LogP contribution is 2.56. The summed E-state index contributed by atoms with van der Waals surface area (Å²) in [5.41, 5.74) is 4.17. The Bertz CT molecular complexity index is 5010. The Hall–Kier alpha value is -10.1. The van der Waals surface area contributed by atoms with Gasteiger partial charge in [0.25, 0.3) is 10.0 Å². The number of nitrogens with two attached hydrogens (primary N) is 1. The molecule has 4 saturated carbocycles. The average molecular weight is 1660 g/mol. The average Bonchev–Trinajstić information content (AvgIpc) is 1.56. The molecule has 15 bridgehead atoms. The summed E-state index contributed by atoms with van der Waals surface area (Å²) in [6.45, 7) is 5.42. The lowest BCUT2D eigenvalue weighted by molar-refractivity contribution is -0.270. The third kappa shape index (κ3) is 16.9. The first-order valence-electron chi connectivity index (χ1n) is 38.6. The second-order valence-corrected chi connectivity index (χ2v) is 34.2. The van der Waals surface area contributed by atoms with Crippen LogP contribution in [0.4, 0.5) is 0 Å². The summed E-state index contributed by atoms with van der Waals surface area (Å²) >= 11 is 7.20. The Morgan fingerprint density at radius 1 is 0.684 bits per heavy atom. The fourth-order valence-electron chi connectivity index (χ4n) is 17.4. The van der Waals surface area contributed by atoms with Gasteiger partial charge < -0.3 is 118 Å². The molecular weight excluding hydrogens is 1560 g/mol. The molecule has 8 amide bonds. The third-order valence-electron chi connectivity index (χ3n) is 23.2. The number of phenolic OH excluding ortho intramolecular Hbond substituents is 1. The van der Waals surface area contributed by atoms with Crippen molar-refractivity contribution in [2.24, 2.45) is 35.3 Å². The highest BCUT2D eigenvalue weighted by molar-refractivity contribution is 7.90. The van der Waals surface area contributed by atoms with E-state index in [2.05, 4.69) is 42.5 Å². The zero-order chi connectivity index (χ0) is 83.7. The number of hydrogen-bond acceptors (Lipinski definition) is 26. The van der Waals surface area contributed by atoms with Crippen LogP contribution in [0.2, 0.25) is 5.02 Å². The molecule has 17 rings (SSSR count). The minimum atomic E-state index is -4.88. The molecule has 14 atom stereocenters. The second-order valence-electron chi connectivity index (χ2n) is 32.1. The summed E-state index contributed by atoms with van der Waals surface area (Å²) in [7, 11) is 0.240. The van der Waals surface area contributed by atoms with E-state index in [-0.39, 0.29) is 109 Å². The van der Waals surface area contributed by atoms with E-state index in [1.54, 1.807) is 0 Å². The van der Waals surface area contributed by atoms with Gasteiger partial charge in [0.2, 0.25) is 65.1 Å². The molecule has 624 valence electrons. The largest absolute Gasteiger partial charge is 0.508 e. The van der Waals surface area contributed by atoms with Crippen molar-refractivity contribution in [2.75, 3.05) is 40.8 Å². The number of fused-ring (bicyclic) bond motifs is 12. The first-order chi connectivity index (χ1) is 55.6. The van der Waals surface area contributed by atoms with Gasteiger partial charge in [-0.3, -0.25) is 38.4 Å². The number of aliphatic hydroxyl groups excluding tert-OH is 5. The highest BCUT2D eigenvalue weighted by Gasteiger charge is 2.52. The number of nitrogens with one attached hydrogen (secondary N) is 9. The van der Waals surface area contributed by atoms with Crippen LogP contribution >= 0.6 is 11.6 Å². The molecule has 36 heteroatoms. The van der Waals surface area contributed by atoms with Gasteiger partial charge in [0, 0.05) is 30.3 Å². The van der Waals surface area contributed by atoms with Crippen molar-refractivity contribution in [2.45, 2.75) is 168 Å². The van der Waals surface area contributed by atoms with E-state index in [9.17, 15) is 58.9 Å². The standard InChI is InChI=1S/C81H94ClN11O23S/c1-34(2)19-52(84-4)73(101)90-65-67(96)39-8-15-54(35(3)20-39)113-56-28-43-29-57(72(56)116-80-71(100)70(99)69(98)58(33-83)115-80)114-55-16-9-40(27-51(55)82)68(97)66-79(107)89-64(77(105)86-61-41-22-36-21-37(24-41)25-42(61)23-36)48-30-44(94)31-50-60(48)47-26-38(7-14-49(47)81(50,108)109)62(75(103)91-66)88-76(104)63(43)87-74(102)53(85-78(65)106)32-59(95)92-117(110,111)46-12-10-45(11-13-46)112-18-17-93(5)6/h7-16,20,26-31,34,36-37,41-42,52-53,58,61-71,80,84,94,96-100,108-109H,17-19,21-25,32-33,83H2,1-6H3,(H,85,106)(H,86,105)(H,87,102)(H,88,104)(H,89,107)(H,90,101)(H,91,103)(H,92,95)/t36?,37?,41?,42?,52-,53+,58-,61?,62-,63-,64+,65-,66+,67-,68-,69-,70+,71-,80+/m1/s1. The quantitative estimate of drug-likeness (QED) is 0.0541. The molecule has 0 aromatic heterocycles. The van der Waals surface area contributed by atoms with Crippen molar-refractivity contribution < 1.29 is 111 Å². The maximum Gasteiger partial charge on any atom is 0.264 e. The number of hydrogen-bond donors (Lipinski definition) is 18. The van der Waals surface area contributed by atoms with E-state index in [1.807, 2.05) is 37.6 Å². The lowest BCUT2D eigenvalue weighted by Crippen LogP contribution is -2.60. The van der Waals surface area contributed by atoms with Crippen LogP contribution in [0.5, 0.6) is 40.2 Å². The first kappa shape index (κ1) is 83.4. The number of halogens is 1. The van der Waals surface area contributed by atoms with Crippen LogP contribution in [-0.4, -0.2) is 203 Å². The van der Waals surface area contributed by atoms with Crippen molar-refractivity contribution in [1.29, 1.82) is 0 Å². The van der Waals surface area contributed by atoms with Gasteiger partial charge in [0.05, 0.1) is 22.4 Å². The molecule has 6 aliphatic heterocycles. The van der Waals surface area contributed by atoms with Crippen LogP contribution in [-0.2, 0) is 58.9 Å². The minimum absolute atomic E-state index is 0.0705. The minimum Gasteiger partial charge on any atom is -0.508 e. The molecule has 0 unspecified atom stereocenters. The predicted octanol–water partition coefficient (Wildman–Crippen LogP) is 1.39. The molecule has 0 spiro atoms. The van der Waals surface area contributed by atoms with Crippen LogP contribution < -0.4 is 71.9 Å². The smallest absolute Gasteiger partial charge is 0.264 e. The number of sulfonamides is 1. The number of benzene rings is 6. The van der Waals surface area contributed by atoms with Gasteiger partial charge in [-0.1, -0.05) is 49.7 Å². The Morgan fingerprint density at radius 3 is 1.96 bits per heavy atom. The number of carbonyl (C=O) groups is 8. The Kier molecular flexibility index (Phi) is 23.8. The zero-order valence-electron chi connectivity index (χ0n) is 64.4. The van der Waals surface area contributed by atoms with E-state index in [0.717, 1.165) is 74.6 Å². The van der Waals surface area contributed by atoms with Crippen LogP contribution in [0, 0.1) is 36.5 Å². The van der Waals surface area contributed by atoms with Crippen molar-refractivity contribution in [3.05, 3.63) is 153 Å². The molecule has 6 aromatic carbocycles. The fourth-order valence-corrected chi connectivity index (χ4v) is 18.7. The van der Waals surface area contributed by atoms with Crippen molar-refractivity contribution in [3.63, 3.8) is 0 Å². The lowest BCUT2D eigenvalue weighted by Gasteiger charge is -2.54. The summed E-state index contributed by atoms with van der Waals surface area (Å²) in [5.74, 6) is -14.5. The normalized spacial score (nSPS) is 28.6. The Labute approximate surface area is 676 Å². The lowest BCUT2D eigenvalue weighted by atomic mass is 9.54. The number of nitrogens with zero attached hydrogens (tertiary/aromatic N) is 1. The highest BCUT2D eigenvalue weighted by atomic mass is 35.5. The number of amides is 8. The van der Waals surface area contributed by atoms with Crippen LogP contribution in [0.3, 0.4) is 0 Å². The van der Waals surface area contributed by atoms with Gasteiger partial charge in [-0.05, 0) is 220 Å². The van der Waals surface area contributed by atoms with Gasteiger partial charge in [0.1, 0.15) is 102 Å². The van der Waals surface area contributed by atoms with Gasteiger partial charge in [-0.15, -0.1) is 0 Å². The molecular formula is C81H94ClN11O23S.